The monoisotopic (exact) mass is 409 g/mol. The zero-order valence-electron chi connectivity index (χ0n) is 17.2. The summed E-state index contributed by atoms with van der Waals surface area (Å²) in [4.78, 5) is 14.8. The molecule has 1 aliphatic heterocycles. The van der Waals surface area contributed by atoms with Gasteiger partial charge in [-0.05, 0) is 36.6 Å². The molecule has 1 fully saturated rings. The highest BCUT2D eigenvalue weighted by Crippen LogP contribution is 2.32. The van der Waals surface area contributed by atoms with E-state index < -0.39 is 0 Å². The molecular formula is C23H27N3O2S. The minimum absolute atomic E-state index is 0.0841. The van der Waals surface area contributed by atoms with E-state index in [1.54, 1.807) is 18.2 Å². The average Bonchev–Trinajstić information content (AvgIpc) is 3.03. The van der Waals surface area contributed by atoms with Gasteiger partial charge in [0.1, 0.15) is 5.75 Å². The largest absolute Gasteiger partial charge is 0.496 e. The third kappa shape index (κ3) is 5.26. The van der Waals surface area contributed by atoms with E-state index in [1.807, 2.05) is 36.4 Å². The lowest BCUT2D eigenvalue weighted by atomic mass is 10.1. The molecule has 0 bridgehead atoms. The number of aryl methyl sites for hydroxylation is 1. The number of hydrogen-bond donors (Lipinski definition) is 0. The van der Waals surface area contributed by atoms with Crippen LogP contribution in [0, 0.1) is 6.92 Å². The number of nitrogens with zero attached hydrogens (tertiary/aromatic N) is 3. The number of carbonyl (C=O) groups is 1. The number of methoxy groups -OCH3 is 1. The number of rotatable bonds is 8. The standard InChI is InChI=1S/C23H27N3O2S/c1-4-5-14-21-22(27)26(16-19-12-7-6-10-17(19)2)23(29-21)25-24-15-18-11-8-9-13-20(18)28-3/h6-13,15,21H,4-5,14,16H2,1-3H3/b24-15-,25-23-/t21-/m1/s1. The molecule has 152 valence electrons. The van der Waals surface area contributed by atoms with Gasteiger partial charge in [0.2, 0.25) is 5.91 Å². The Labute approximate surface area is 176 Å². The molecule has 0 N–H and O–H groups in total. The summed E-state index contributed by atoms with van der Waals surface area (Å²) in [5.41, 5.74) is 3.14. The summed E-state index contributed by atoms with van der Waals surface area (Å²) in [7, 11) is 1.63. The lowest BCUT2D eigenvalue weighted by molar-refractivity contribution is -0.126. The number of para-hydroxylation sites is 1. The summed E-state index contributed by atoms with van der Waals surface area (Å²) >= 11 is 1.52. The zero-order valence-corrected chi connectivity index (χ0v) is 18.0. The number of amides is 1. The van der Waals surface area contributed by atoms with Gasteiger partial charge in [0, 0.05) is 5.56 Å². The van der Waals surface area contributed by atoms with Gasteiger partial charge in [-0.3, -0.25) is 9.69 Å². The van der Waals surface area contributed by atoms with Crippen LogP contribution < -0.4 is 4.74 Å². The normalized spacial score (nSPS) is 18.2. The molecule has 1 aliphatic rings. The van der Waals surface area contributed by atoms with Crippen molar-refractivity contribution in [2.45, 2.75) is 44.9 Å². The van der Waals surface area contributed by atoms with E-state index in [2.05, 4.69) is 36.2 Å². The molecule has 3 rings (SSSR count). The van der Waals surface area contributed by atoms with Crippen molar-refractivity contribution in [3.05, 3.63) is 65.2 Å². The van der Waals surface area contributed by atoms with Gasteiger partial charge in [-0.2, -0.15) is 5.10 Å². The minimum atomic E-state index is -0.0841. The molecule has 2 aromatic rings. The molecule has 29 heavy (non-hydrogen) atoms. The molecule has 0 aliphatic carbocycles. The third-order valence-electron chi connectivity index (χ3n) is 4.91. The number of thioether (sulfide) groups is 1. The molecule has 1 amide bonds. The molecule has 5 nitrogen and oxygen atoms in total. The van der Waals surface area contributed by atoms with Crippen molar-refractivity contribution in [2.24, 2.45) is 10.2 Å². The summed E-state index contributed by atoms with van der Waals surface area (Å²) < 4.78 is 5.35. The van der Waals surface area contributed by atoms with Gasteiger partial charge in [-0.1, -0.05) is 67.9 Å². The van der Waals surface area contributed by atoms with Gasteiger partial charge < -0.3 is 4.74 Å². The van der Waals surface area contributed by atoms with Crippen LogP contribution in [-0.4, -0.2) is 34.5 Å². The van der Waals surface area contributed by atoms with Gasteiger partial charge in [0.15, 0.2) is 5.17 Å². The van der Waals surface area contributed by atoms with Crippen molar-refractivity contribution in [3.63, 3.8) is 0 Å². The molecule has 0 saturated carbocycles. The minimum Gasteiger partial charge on any atom is -0.496 e. The molecular weight excluding hydrogens is 382 g/mol. The second-order valence-corrected chi connectivity index (χ2v) is 8.14. The number of ether oxygens (including phenoxy) is 1. The fourth-order valence-electron chi connectivity index (χ4n) is 3.18. The maximum atomic E-state index is 13.0. The molecule has 0 spiro atoms. The molecule has 6 heteroatoms. The molecule has 1 saturated heterocycles. The van der Waals surface area contributed by atoms with Crippen LogP contribution in [-0.2, 0) is 11.3 Å². The molecule has 1 atom stereocenters. The van der Waals surface area contributed by atoms with Gasteiger partial charge in [-0.25, -0.2) is 0 Å². The predicted molar refractivity (Wildman–Crippen MR) is 121 cm³/mol. The van der Waals surface area contributed by atoms with Crippen LogP contribution in [0.4, 0.5) is 0 Å². The molecule has 0 unspecified atom stereocenters. The quantitative estimate of drug-likeness (QED) is 0.454. The number of unbranched alkanes of at least 4 members (excludes halogenated alkanes) is 1. The number of hydrogen-bond acceptors (Lipinski definition) is 5. The Morgan fingerprint density at radius 1 is 1.17 bits per heavy atom. The van der Waals surface area contributed by atoms with E-state index in [4.69, 9.17) is 4.74 Å². The summed E-state index contributed by atoms with van der Waals surface area (Å²) in [5.74, 6) is 0.863. The molecule has 1 heterocycles. The van der Waals surface area contributed by atoms with E-state index >= 15 is 0 Å². The van der Waals surface area contributed by atoms with Crippen LogP contribution in [0.15, 0.2) is 58.7 Å². The van der Waals surface area contributed by atoms with Crippen molar-refractivity contribution in [2.75, 3.05) is 7.11 Å². The zero-order chi connectivity index (χ0) is 20.6. The Morgan fingerprint density at radius 2 is 1.93 bits per heavy atom. The molecule has 0 aromatic heterocycles. The Kier molecular flexibility index (Phi) is 7.47. The van der Waals surface area contributed by atoms with E-state index in [0.717, 1.165) is 36.1 Å². The predicted octanol–water partition coefficient (Wildman–Crippen LogP) is 5.03. The van der Waals surface area contributed by atoms with Crippen molar-refractivity contribution >= 4 is 29.1 Å². The lowest BCUT2D eigenvalue weighted by Gasteiger charge is -2.17. The maximum absolute atomic E-state index is 13.0. The Bertz CT molecular complexity index is 911. The lowest BCUT2D eigenvalue weighted by Crippen LogP contribution is -2.31. The van der Waals surface area contributed by atoms with Crippen LogP contribution in [0.1, 0.15) is 42.9 Å². The maximum Gasteiger partial charge on any atom is 0.242 e. The van der Waals surface area contributed by atoms with Crippen molar-refractivity contribution < 1.29 is 9.53 Å². The second kappa shape index (κ2) is 10.3. The Morgan fingerprint density at radius 3 is 2.69 bits per heavy atom. The van der Waals surface area contributed by atoms with Crippen LogP contribution in [0.3, 0.4) is 0 Å². The van der Waals surface area contributed by atoms with Crippen LogP contribution in [0.2, 0.25) is 0 Å². The summed E-state index contributed by atoms with van der Waals surface area (Å²) in [6.45, 7) is 4.72. The molecule has 2 aromatic carbocycles. The van der Waals surface area contributed by atoms with Crippen molar-refractivity contribution in [1.82, 2.24) is 4.90 Å². The summed E-state index contributed by atoms with van der Waals surface area (Å²) in [5, 5.41) is 9.25. The summed E-state index contributed by atoms with van der Waals surface area (Å²) in [6.07, 6.45) is 4.63. The van der Waals surface area contributed by atoms with Crippen molar-refractivity contribution in [3.8, 4) is 5.75 Å². The van der Waals surface area contributed by atoms with Gasteiger partial charge in [0.05, 0.1) is 25.1 Å². The fraction of sp³-hybridized carbons (Fsp3) is 0.348. The SMILES string of the molecule is CCCC[C@H]1S/C(=N\N=C/c2ccccc2OC)N(Cc2ccccc2C)C1=O. The fourth-order valence-corrected chi connectivity index (χ4v) is 4.32. The Balaban J connectivity index is 1.84. The topological polar surface area (TPSA) is 54.3 Å². The van der Waals surface area contributed by atoms with E-state index in [1.165, 1.54) is 17.3 Å². The van der Waals surface area contributed by atoms with Crippen LogP contribution in [0.25, 0.3) is 0 Å². The molecule has 0 radical (unpaired) electrons. The Hall–Kier alpha value is -2.60. The third-order valence-corrected chi connectivity index (χ3v) is 6.14. The first-order valence-corrected chi connectivity index (χ1v) is 10.8. The highest BCUT2D eigenvalue weighted by molar-refractivity contribution is 8.15. The first-order chi connectivity index (χ1) is 14.1. The van der Waals surface area contributed by atoms with Gasteiger partial charge in [-0.15, -0.1) is 5.10 Å². The smallest absolute Gasteiger partial charge is 0.242 e. The second-order valence-electron chi connectivity index (χ2n) is 6.97. The number of carbonyl (C=O) groups excluding carboxylic acids is 1. The van der Waals surface area contributed by atoms with Gasteiger partial charge in [0.25, 0.3) is 0 Å². The van der Waals surface area contributed by atoms with E-state index in [0.29, 0.717) is 11.7 Å². The first-order valence-electron chi connectivity index (χ1n) is 9.90. The first kappa shape index (κ1) is 21.1. The van der Waals surface area contributed by atoms with E-state index in [-0.39, 0.29) is 11.2 Å². The van der Waals surface area contributed by atoms with Crippen LogP contribution >= 0.6 is 11.8 Å². The highest BCUT2D eigenvalue weighted by atomic mass is 32.2. The number of amidine groups is 1. The van der Waals surface area contributed by atoms with E-state index in [9.17, 15) is 4.79 Å². The highest BCUT2D eigenvalue weighted by Gasteiger charge is 2.37. The van der Waals surface area contributed by atoms with Crippen molar-refractivity contribution in [1.29, 1.82) is 0 Å². The number of benzene rings is 2. The average molecular weight is 410 g/mol. The summed E-state index contributed by atoms with van der Waals surface area (Å²) in [6, 6.07) is 15.8. The van der Waals surface area contributed by atoms with Crippen LogP contribution in [0.5, 0.6) is 5.75 Å². The van der Waals surface area contributed by atoms with Gasteiger partial charge >= 0.3 is 0 Å².